The highest BCUT2D eigenvalue weighted by Gasteiger charge is 2.36. The van der Waals surface area contributed by atoms with Crippen LogP contribution in [0.2, 0.25) is 0 Å². The summed E-state index contributed by atoms with van der Waals surface area (Å²) in [6.45, 7) is 6.38. The van der Waals surface area contributed by atoms with Crippen LogP contribution in [0.1, 0.15) is 47.6 Å². The van der Waals surface area contributed by atoms with Gasteiger partial charge in [-0.2, -0.15) is 0 Å². The summed E-state index contributed by atoms with van der Waals surface area (Å²) >= 11 is 1.66. The van der Waals surface area contributed by atoms with E-state index in [0.29, 0.717) is 23.6 Å². The molecule has 1 aliphatic heterocycles. The fourth-order valence-corrected chi connectivity index (χ4v) is 5.29. The third-order valence-corrected chi connectivity index (χ3v) is 7.28. The Bertz CT molecular complexity index is 1240. The van der Waals surface area contributed by atoms with Gasteiger partial charge >= 0.3 is 0 Å². The summed E-state index contributed by atoms with van der Waals surface area (Å²) in [6.07, 6.45) is 0.745. The summed E-state index contributed by atoms with van der Waals surface area (Å²) in [7, 11) is 1.55. The Hall–Kier alpha value is -3.39. The molecule has 0 saturated heterocycles. The van der Waals surface area contributed by atoms with Crippen LogP contribution in [0.5, 0.6) is 11.5 Å². The zero-order valence-corrected chi connectivity index (χ0v) is 21.8. The van der Waals surface area contributed by atoms with Crippen molar-refractivity contribution in [2.24, 2.45) is 0 Å². The van der Waals surface area contributed by atoms with Crippen LogP contribution in [0, 0.1) is 5.82 Å². The fourth-order valence-electron chi connectivity index (χ4n) is 4.36. The van der Waals surface area contributed by atoms with Gasteiger partial charge in [0.25, 0.3) is 5.91 Å². The third-order valence-electron chi connectivity index (χ3n) is 6.28. The Labute approximate surface area is 215 Å². The molecule has 4 rings (SSSR count). The second-order valence-corrected chi connectivity index (χ2v) is 10.7. The smallest absolute Gasteiger partial charge is 0.254 e. The quantitative estimate of drug-likeness (QED) is 0.431. The van der Waals surface area contributed by atoms with E-state index in [2.05, 4.69) is 0 Å². The van der Waals surface area contributed by atoms with E-state index in [9.17, 15) is 14.0 Å². The van der Waals surface area contributed by atoms with Crippen LogP contribution in [0.3, 0.4) is 0 Å². The van der Waals surface area contributed by atoms with E-state index in [1.54, 1.807) is 64.6 Å². The molecule has 1 aliphatic rings. The lowest BCUT2D eigenvalue weighted by Crippen LogP contribution is -2.53. The van der Waals surface area contributed by atoms with E-state index in [4.69, 9.17) is 9.47 Å². The van der Waals surface area contributed by atoms with Crippen LogP contribution in [-0.4, -0.2) is 54.0 Å². The fraction of sp³-hybridized carbons (Fsp3) is 0.357. The first-order chi connectivity index (χ1) is 17.2. The summed E-state index contributed by atoms with van der Waals surface area (Å²) in [6, 6.07) is 14.6. The summed E-state index contributed by atoms with van der Waals surface area (Å²) in [4.78, 5) is 31.8. The van der Waals surface area contributed by atoms with E-state index in [0.717, 1.165) is 12.0 Å². The van der Waals surface area contributed by atoms with Gasteiger partial charge in [0.1, 0.15) is 30.5 Å². The Morgan fingerprint density at radius 1 is 1.11 bits per heavy atom. The molecule has 2 aromatic carbocycles. The zero-order chi connectivity index (χ0) is 25.9. The molecule has 3 aromatic rings. The van der Waals surface area contributed by atoms with E-state index in [1.165, 1.54) is 17.0 Å². The average molecular weight is 511 g/mol. The minimum atomic E-state index is -0.591. The van der Waals surface area contributed by atoms with Crippen LogP contribution in [0.15, 0.2) is 60.0 Å². The molecular weight excluding hydrogens is 479 g/mol. The van der Waals surface area contributed by atoms with Gasteiger partial charge in [-0.1, -0.05) is 12.1 Å². The molecule has 0 N–H and O–H groups in total. The number of halogens is 1. The maximum absolute atomic E-state index is 13.7. The van der Waals surface area contributed by atoms with Gasteiger partial charge in [-0.3, -0.25) is 9.59 Å². The van der Waals surface area contributed by atoms with Crippen LogP contribution in [0.25, 0.3) is 0 Å². The highest BCUT2D eigenvalue weighted by atomic mass is 32.1. The minimum Gasteiger partial charge on any atom is -0.497 e. The normalized spacial score (nSPS) is 15.2. The largest absolute Gasteiger partial charge is 0.497 e. The average Bonchev–Trinajstić information content (AvgIpc) is 3.34. The molecule has 0 bridgehead atoms. The third kappa shape index (κ3) is 5.70. The number of hydrogen-bond acceptors (Lipinski definition) is 5. The van der Waals surface area contributed by atoms with Crippen molar-refractivity contribution in [2.45, 2.75) is 38.8 Å². The van der Waals surface area contributed by atoms with E-state index < -0.39 is 5.54 Å². The van der Waals surface area contributed by atoms with Crippen molar-refractivity contribution >= 4 is 23.2 Å². The molecule has 6 nitrogen and oxygen atoms in total. The molecule has 0 spiro atoms. The Balaban J connectivity index is 1.56. The number of fused-ring (bicyclic) bond motifs is 1. The molecular formula is C28H31FN2O4S. The Kier molecular flexibility index (Phi) is 7.64. The molecule has 0 aliphatic carbocycles. The number of amides is 2. The van der Waals surface area contributed by atoms with Crippen molar-refractivity contribution < 1.29 is 23.5 Å². The summed E-state index contributed by atoms with van der Waals surface area (Å²) in [5.74, 6) is 0.212. The van der Waals surface area contributed by atoms with Crippen LogP contribution in [0.4, 0.5) is 4.39 Å². The molecule has 190 valence electrons. The number of ether oxygens (including phenoxy) is 2. The molecule has 8 heteroatoms. The monoisotopic (exact) mass is 510 g/mol. The predicted octanol–water partition coefficient (Wildman–Crippen LogP) is 5.34. The number of carbonyl (C=O) groups is 2. The highest BCUT2D eigenvalue weighted by Crippen LogP contribution is 2.34. The molecule has 2 amide bonds. The number of hydrogen-bond donors (Lipinski definition) is 0. The number of rotatable bonds is 7. The van der Waals surface area contributed by atoms with Crippen molar-refractivity contribution in [3.63, 3.8) is 0 Å². The summed E-state index contributed by atoms with van der Waals surface area (Å²) in [5.41, 5.74) is 0.909. The van der Waals surface area contributed by atoms with E-state index >= 15 is 0 Å². The lowest BCUT2D eigenvalue weighted by molar-refractivity contribution is -0.136. The number of nitrogens with zero attached hydrogens (tertiary/aromatic N) is 2. The first kappa shape index (κ1) is 25.7. The van der Waals surface area contributed by atoms with Crippen LogP contribution < -0.4 is 9.47 Å². The molecule has 36 heavy (non-hydrogen) atoms. The van der Waals surface area contributed by atoms with Gasteiger partial charge in [0, 0.05) is 28.6 Å². The lowest BCUT2D eigenvalue weighted by Gasteiger charge is -2.40. The van der Waals surface area contributed by atoms with Crippen LogP contribution in [-0.2, 0) is 11.2 Å². The lowest BCUT2D eigenvalue weighted by atomic mass is 9.99. The first-order valence-corrected chi connectivity index (χ1v) is 12.8. The minimum absolute atomic E-state index is 0.0739. The maximum atomic E-state index is 13.7. The first-order valence-electron chi connectivity index (χ1n) is 11.9. The highest BCUT2D eigenvalue weighted by molar-refractivity contribution is 7.10. The Morgan fingerprint density at radius 2 is 1.86 bits per heavy atom. The molecule has 0 saturated carbocycles. The van der Waals surface area contributed by atoms with E-state index in [-0.39, 0.29) is 36.8 Å². The molecule has 2 heterocycles. The van der Waals surface area contributed by atoms with E-state index in [1.807, 2.05) is 32.2 Å². The molecule has 1 unspecified atom stereocenters. The number of methoxy groups -OCH3 is 1. The van der Waals surface area contributed by atoms with Gasteiger partial charge in [-0.25, -0.2) is 4.39 Å². The SMILES string of the molecule is COc1cccc(C(=O)N(CC(=O)N2CCc3sccc3C2COc2cccc(F)c2)C(C)(C)C)c1. The molecule has 0 radical (unpaired) electrons. The van der Waals surface area contributed by atoms with Gasteiger partial charge in [0.2, 0.25) is 5.91 Å². The summed E-state index contributed by atoms with van der Waals surface area (Å²) in [5, 5.41) is 2.02. The van der Waals surface area contributed by atoms with Gasteiger partial charge in [0.05, 0.1) is 13.2 Å². The Morgan fingerprint density at radius 3 is 2.58 bits per heavy atom. The van der Waals surface area contributed by atoms with Gasteiger partial charge < -0.3 is 19.3 Å². The van der Waals surface area contributed by atoms with Crippen molar-refractivity contribution in [3.8, 4) is 11.5 Å². The topological polar surface area (TPSA) is 59.1 Å². The van der Waals surface area contributed by atoms with Crippen molar-refractivity contribution in [1.82, 2.24) is 9.80 Å². The standard InChI is InChI=1S/C28H31FN2O4S/c1-28(2,3)31(27(33)19-7-5-9-21(15-19)34-4)17-26(32)30-13-11-25-23(12-14-36-25)24(30)18-35-22-10-6-8-20(29)16-22/h5-10,12,14-16,24H,11,13,17-18H2,1-4H3. The molecule has 0 fully saturated rings. The predicted molar refractivity (Wildman–Crippen MR) is 138 cm³/mol. The maximum Gasteiger partial charge on any atom is 0.254 e. The van der Waals surface area contributed by atoms with Crippen LogP contribution >= 0.6 is 11.3 Å². The van der Waals surface area contributed by atoms with Gasteiger partial charge in [-0.05, 0) is 74.5 Å². The number of carbonyl (C=O) groups excluding carboxylic acids is 2. The number of benzene rings is 2. The van der Waals surface area contributed by atoms with Crippen molar-refractivity contribution in [3.05, 3.63) is 81.8 Å². The second kappa shape index (κ2) is 10.7. The van der Waals surface area contributed by atoms with Gasteiger partial charge in [0.15, 0.2) is 0 Å². The zero-order valence-electron chi connectivity index (χ0n) is 21.0. The summed E-state index contributed by atoms with van der Waals surface area (Å²) < 4.78 is 24.9. The van der Waals surface area contributed by atoms with Gasteiger partial charge in [-0.15, -0.1) is 11.3 Å². The van der Waals surface area contributed by atoms with Crippen molar-refractivity contribution in [2.75, 3.05) is 26.8 Å². The number of thiophene rings is 1. The van der Waals surface area contributed by atoms with Crippen molar-refractivity contribution in [1.29, 1.82) is 0 Å². The molecule has 1 atom stereocenters. The second-order valence-electron chi connectivity index (χ2n) is 9.71. The molecule has 1 aromatic heterocycles.